The molecule has 8 aromatic carbocycles. The van der Waals surface area contributed by atoms with Gasteiger partial charge in [0, 0.05) is 96.9 Å². The normalized spacial score (nSPS) is 11.5. The highest BCUT2D eigenvalue weighted by Gasteiger charge is 2.24. The van der Waals surface area contributed by atoms with Crippen LogP contribution in [-0.4, -0.2) is 19.9 Å². The molecule has 0 unspecified atom stereocenters. The fraction of sp³-hybridized carbons (Fsp3) is 0.0312. The lowest BCUT2D eigenvalue weighted by Crippen LogP contribution is -2.09. The number of hydrogen-bond donors (Lipinski definition) is 0. The molecular weight excluding hydrogens is 1080 g/mol. The molecule has 0 amide bonds. The Morgan fingerprint density at radius 2 is 0.676 bits per heavy atom. The van der Waals surface area contributed by atoms with Gasteiger partial charge in [0.2, 0.25) is 0 Å². The molecule has 5 heterocycles. The van der Waals surface area contributed by atoms with Crippen LogP contribution in [0.2, 0.25) is 0 Å². The van der Waals surface area contributed by atoms with E-state index < -0.39 is 0 Å². The zero-order chi connectivity index (χ0) is 49.9. The Kier molecular flexibility index (Phi) is 11.9. The second-order valence-electron chi connectivity index (χ2n) is 18.2. The minimum atomic E-state index is 0.780. The number of pyridine rings is 2. The SMILES string of the molecule is Cc1cc(-c2ccc(N(c3ccccc3)c3ccccc3)cc2)sc1-c1ccc(-c2sc(-c3ccc(N(c4ccccc4)c4ccccc4)cc3)cc2C)c2nc3c4cc(Br)cnc4c4ncc(Br)cc4c3nc12. The lowest BCUT2D eigenvalue weighted by Gasteiger charge is -2.25. The van der Waals surface area contributed by atoms with Gasteiger partial charge in [-0.15, -0.1) is 22.7 Å². The number of aromatic nitrogens is 4. The molecule has 5 aromatic heterocycles. The van der Waals surface area contributed by atoms with Crippen LogP contribution in [0.15, 0.2) is 228 Å². The fourth-order valence-corrected chi connectivity index (χ4v) is 13.1. The van der Waals surface area contributed by atoms with Crippen molar-refractivity contribution in [2.45, 2.75) is 13.8 Å². The molecule has 0 radical (unpaired) electrons. The number of para-hydroxylation sites is 4. The van der Waals surface area contributed by atoms with Crippen molar-refractivity contribution >= 4 is 133 Å². The van der Waals surface area contributed by atoms with Crippen molar-refractivity contribution in [2.75, 3.05) is 9.80 Å². The van der Waals surface area contributed by atoms with Gasteiger partial charge in [-0.3, -0.25) is 9.97 Å². The predicted molar refractivity (Wildman–Crippen MR) is 319 cm³/mol. The molecule has 0 bridgehead atoms. The van der Waals surface area contributed by atoms with E-state index in [0.717, 1.165) is 119 Å². The van der Waals surface area contributed by atoms with Crippen molar-refractivity contribution in [1.82, 2.24) is 19.9 Å². The first-order valence-electron chi connectivity index (χ1n) is 24.2. The highest BCUT2D eigenvalue weighted by molar-refractivity contribution is 9.10. The van der Waals surface area contributed by atoms with Crippen LogP contribution in [0, 0.1) is 13.8 Å². The van der Waals surface area contributed by atoms with E-state index in [2.05, 4.69) is 262 Å². The molecule has 0 atom stereocenters. The number of rotatable bonds is 10. The van der Waals surface area contributed by atoms with Crippen molar-refractivity contribution in [3.63, 3.8) is 0 Å². The summed E-state index contributed by atoms with van der Waals surface area (Å²) in [5, 5.41) is 1.78. The van der Waals surface area contributed by atoms with Gasteiger partial charge in [0.05, 0.1) is 33.1 Å². The van der Waals surface area contributed by atoms with Crippen molar-refractivity contribution < 1.29 is 0 Å². The highest BCUT2D eigenvalue weighted by Crippen LogP contribution is 2.47. The minimum absolute atomic E-state index is 0.780. The number of thiophene rings is 2. The van der Waals surface area contributed by atoms with Crippen molar-refractivity contribution in [2.24, 2.45) is 0 Å². The molecule has 13 rings (SSSR count). The molecule has 0 saturated heterocycles. The van der Waals surface area contributed by atoms with E-state index in [1.54, 1.807) is 22.7 Å². The monoisotopic (exact) mass is 1120 g/mol. The minimum Gasteiger partial charge on any atom is -0.311 e. The van der Waals surface area contributed by atoms with Crippen LogP contribution in [-0.2, 0) is 0 Å². The average molecular weight is 1120 g/mol. The van der Waals surface area contributed by atoms with Gasteiger partial charge in [0.1, 0.15) is 0 Å². The third kappa shape index (κ3) is 8.34. The quantitative estimate of drug-likeness (QED) is 0.100. The van der Waals surface area contributed by atoms with E-state index >= 15 is 0 Å². The Hall–Kier alpha value is -7.86. The zero-order valence-electron chi connectivity index (χ0n) is 40.0. The summed E-state index contributed by atoms with van der Waals surface area (Å²) in [4.78, 5) is 30.5. The summed E-state index contributed by atoms with van der Waals surface area (Å²) in [6.45, 7) is 4.41. The molecular formula is C64H42Br2N6S2. The number of benzene rings is 8. The molecule has 10 heteroatoms. The first-order chi connectivity index (χ1) is 36.3. The number of halogens is 2. The number of nitrogens with zero attached hydrogens (tertiary/aromatic N) is 6. The molecule has 0 N–H and O–H groups in total. The van der Waals surface area contributed by atoms with Crippen LogP contribution in [0.3, 0.4) is 0 Å². The predicted octanol–water partition coefficient (Wildman–Crippen LogP) is 19.8. The summed E-state index contributed by atoms with van der Waals surface area (Å²) < 4.78 is 1.73. The zero-order valence-corrected chi connectivity index (χ0v) is 44.8. The van der Waals surface area contributed by atoms with Gasteiger partial charge in [-0.05, 0) is 165 Å². The van der Waals surface area contributed by atoms with Gasteiger partial charge in [-0.2, -0.15) is 0 Å². The maximum absolute atomic E-state index is 5.71. The number of anilines is 6. The van der Waals surface area contributed by atoms with Crippen molar-refractivity contribution in [3.05, 3.63) is 239 Å². The van der Waals surface area contributed by atoms with Crippen molar-refractivity contribution in [3.8, 4) is 41.8 Å². The summed E-state index contributed by atoms with van der Waals surface area (Å²) in [6.07, 6.45) is 3.65. The van der Waals surface area contributed by atoms with E-state index in [0.29, 0.717) is 0 Å². The van der Waals surface area contributed by atoms with E-state index in [-0.39, 0.29) is 0 Å². The number of aryl methyl sites for hydroxylation is 2. The Morgan fingerprint density at radius 1 is 0.351 bits per heavy atom. The Balaban J connectivity index is 0.946. The van der Waals surface area contributed by atoms with Gasteiger partial charge in [-0.25, -0.2) is 9.97 Å². The fourth-order valence-electron chi connectivity index (χ4n) is 10.0. The smallest absolute Gasteiger partial charge is 0.0997 e. The molecule has 0 aliphatic carbocycles. The number of fused-ring (bicyclic) bond motifs is 7. The maximum Gasteiger partial charge on any atom is 0.0997 e. The van der Waals surface area contributed by atoms with E-state index in [9.17, 15) is 0 Å². The van der Waals surface area contributed by atoms with Gasteiger partial charge in [-0.1, -0.05) is 109 Å². The van der Waals surface area contributed by atoms with Crippen LogP contribution in [0.5, 0.6) is 0 Å². The standard InChI is InChI=1S/C64H42Br2N6S2/c1-39-33-55(41-23-27-49(28-24-41)71(45-15-7-3-8-16-45)46-17-9-4-10-18-46)73-63(39)51-31-32-52(60-59(51)69-61-53-35-43(65)37-67-57(53)58-54(62(61)70-60)36-44(66)38-68-58)64-40(2)34-56(74-64)42-25-29-50(30-26-42)72(47-19-11-5-12-20-47)48-21-13-6-14-22-48/h3-38H,1-2H3. The molecule has 0 fully saturated rings. The van der Waals surface area contributed by atoms with E-state index in [4.69, 9.17) is 19.9 Å². The molecule has 0 aliphatic heterocycles. The number of hydrogen-bond acceptors (Lipinski definition) is 8. The second kappa shape index (κ2) is 19.2. The summed E-state index contributed by atoms with van der Waals surface area (Å²) in [5.41, 5.74) is 18.2. The Labute approximate surface area is 453 Å². The molecule has 354 valence electrons. The topological polar surface area (TPSA) is 58.0 Å². The Morgan fingerprint density at radius 3 is 1.01 bits per heavy atom. The van der Waals surface area contributed by atoms with Gasteiger partial charge >= 0.3 is 0 Å². The summed E-state index contributed by atoms with van der Waals surface area (Å²) in [6, 6.07) is 73.2. The summed E-state index contributed by atoms with van der Waals surface area (Å²) in [5.74, 6) is 0. The van der Waals surface area contributed by atoms with Crippen molar-refractivity contribution in [1.29, 1.82) is 0 Å². The van der Waals surface area contributed by atoms with Crippen LogP contribution < -0.4 is 9.80 Å². The molecule has 13 aromatic rings. The molecule has 0 spiro atoms. The van der Waals surface area contributed by atoms with Crippen LogP contribution in [0.25, 0.3) is 85.6 Å². The summed E-state index contributed by atoms with van der Waals surface area (Å²) >= 11 is 11.0. The van der Waals surface area contributed by atoms with Gasteiger partial charge in [0.25, 0.3) is 0 Å². The lowest BCUT2D eigenvalue weighted by molar-refractivity contribution is 1.28. The summed E-state index contributed by atoms with van der Waals surface area (Å²) in [7, 11) is 0. The molecule has 0 aliphatic rings. The maximum atomic E-state index is 5.71. The van der Waals surface area contributed by atoms with E-state index in [1.165, 1.54) is 20.9 Å². The average Bonchev–Trinajstić information content (AvgIpc) is 4.03. The molecule has 6 nitrogen and oxygen atoms in total. The van der Waals surface area contributed by atoms with Gasteiger partial charge in [0.15, 0.2) is 0 Å². The lowest BCUT2D eigenvalue weighted by atomic mass is 10.0. The first-order valence-corrected chi connectivity index (χ1v) is 27.4. The van der Waals surface area contributed by atoms with Crippen LogP contribution in [0.4, 0.5) is 34.1 Å². The Bertz CT molecular complexity index is 3870. The highest BCUT2D eigenvalue weighted by atomic mass is 79.9. The van der Waals surface area contributed by atoms with Gasteiger partial charge < -0.3 is 9.80 Å². The second-order valence-corrected chi connectivity index (χ2v) is 22.2. The van der Waals surface area contributed by atoms with Crippen LogP contribution >= 0.6 is 54.5 Å². The largest absolute Gasteiger partial charge is 0.311 e. The third-order valence-corrected chi connectivity index (χ3v) is 17.0. The van der Waals surface area contributed by atoms with E-state index in [1.807, 2.05) is 12.4 Å². The third-order valence-electron chi connectivity index (χ3n) is 13.5. The molecule has 0 saturated carbocycles. The van der Waals surface area contributed by atoms with Crippen LogP contribution in [0.1, 0.15) is 11.1 Å². The molecule has 74 heavy (non-hydrogen) atoms. The first kappa shape index (κ1) is 46.0.